The van der Waals surface area contributed by atoms with E-state index >= 15 is 0 Å². The van der Waals surface area contributed by atoms with Crippen molar-refractivity contribution in [3.8, 4) is 5.82 Å². The summed E-state index contributed by atoms with van der Waals surface area (Å²) in [6.45, 7) is 3.91. The fourth-order valence-electron chi connectivity index (χ4n) is 2.11. The van der Waals surface area contributed by atoms with Crippen molar-refractivity contribution in [2.75, 3.05) is 5.32 Å². The van der Waals surface area contributed by atoms with Crippen LogP contribution in [0.1, 0.15) is 6.42 Å². The minimum Gasteiger partial charge on any atom is -0.356 e. The Hall–Kier alpha value is -2.69. The van der Waals surface area contributed by atoms with Gasteiger partial charge in [0.15, 0.2) is 5.82 Å². The highest BCUT2D eigenvalue weighted by atomic mass is 15.2. The third kappa shape index (κ3) is 2.38. The van der Waals surface area contributed by atoms with Crippen LogP contribution in [0.3, 0.4) is 0 Å². The smallest absolute Gasteiger partial charge is 0.158 e. The highest BCUT2D eigenvalue weighted by Crippen LogP contribution is 2.23. The van der Waals surface area contributed by atoms with Crippen LogP contribution in [0.25, 0.3) is 5.82 Å². The Balaban J connectivity index is 1.88. The molecule has 0 unspecified atom stereocenters. The molecule has 1 atom stereocenters. The monoisotopic (exact) mass is 265 g/mol. The molecule has 0 bridgehead atoms. The number of allylic oxidation sites excluding steroid dienone is 2. The van der Waals surface area contributed by atoms with Gasteiger partial charge >= 0.3 is 0 Å². The van der Waals surface area contributed by atoms with E-state index in [9.17, 15) is 0 Å². The zero-order chi connectivity index (χ0) is 13.8. The van der Waals surface area contributed by atoms with E-state index in [0.717, 1.165) is 12.2 Å². The first-order valence-corrected chi connectivity index (χ1v) is 6.38. The van der Waals surface area contributed by atoms with Gasteiger partial charge in [-0.1, -0.05) is 30.4 Å². The van der Waals surface area contributed by atoms with E-state index in [4.69, 9.17) is 0 Å². The molecule has 2 heterocycles. The van der Waals surface area contributed by atoms with Crippen molar-refractivity contribution in [2.45, 2.75) is 12.0 Å². The largest absolute Gasteiger partial charge is 0.356 e. The van der Waals surface area contributed by atoms with Gasteiger partial charge < -0.3 is 5.32 Å². The van der Waals surface area contributed by atoms with Crippen molar-refractivity contribution in [1.82, 2.24) is 19.5 Å². The van der Waals surface area contributed by atoms with E-state index in [-0.39, 0.29) is 5.54 Å². The van der Waals surface area contributed by atoms with E-state index in [1.165, 1.54) is 0 Å². The Morgan fingerprint density at radius 2 is 2.25 bits per heavy atom. The van der Waals surface area contributed by atoms with Crippen molar-refractivity contribution in [3.63, 3.8) is 0 Å². The summed E-state index contributed by atoms with van der Waals surface area (Å²) in [7, 11) is 0. The molecule has 100 valence electrons. The lowest BCUT2D eigenvalue weighted by Gasteiger charge is -2.29. The maximum atomic E-state index is 4.55. The normalized spacial score (nSPS) is 20.8. The second-order valence-corrected chi connectivity index (χ2v) is 4.59. The van der Waals surface area contributed by atoms with Gasteiger partial charge in [-0.15, -0.1) is 6.58 Å². The van der Waals surface area contributed by atoms with Crippen LogP contribution in [0.2, 0.25) is 0 Å². The van der Waals surface area contributed by atoms with Crippen molar-refractivity contribution < 1.29 is 0 Å². The summed E-state index contributed by atoms with van der Waals surface area (Å²) in [5.74, 6) is 1.43. The minimum absolute atomic E-state index is 0.309. The van der Waals surface area contributed by atoms with Gasteiger partial charge in [-0.3, -0.25) is 9.55 Å². The quantitative estimate of drug-likeness (QED) is 0.863. The average Bonchev–Trinajstić information content (AvgIpc) is 3.03. The topological polar surface area (TPSA) is 55.6 Å². The second kappa shape index (κ2) is 5.13. The van der Waals surface area contributed by atoms with Crippen LogP contribution < -0.4 is 5.32 Å². The van der Waals surface area contributed by atoms with Crippen molar-refractivity contribution >= 4 is 5.82 Å². The van der Waals surface area contributed by atoms with Crippen LogP contribution in [0, 0.1) is 0 Å². The summed E-state index contributed by atoms with van der Waals surface area (Å²) >= 11 is 0. The number of imidazole rings is 1. The highest BCUT2D eigenvalue weighted by molar-refractivity contribution is 5.45. The van der Waals surface area contributed by atoms with Crippen LogP contribution in [-0.2, 0) is 0 Å². The first kappa shape index (κ1) is 12.3. The molecule has 0 spiro atoms. The molecule has 1 N–H and O–H groups in total. The van der Waals surface area contributed by atoms with Gasteiger partial charge in [0.1, 0.15) is 12.1 Å². The van der Waals surface area contributed by atoms with E-state index in [0.29, 0.717) is 5.82 Å². The molecule has 0 radical (unpaired) electrons. The third-order valence-electron chi connectivity index (χ3n) is 3.21. The molecule has 0 aromatic carbocycles. The second-order valence-electron chi connectivity index (χ2n) is 4.59. The maximum absolute atomic E-state index is 4.55. The van der Waals surface area contributed by atoms with E-state index < -0.39 is 0 Å². The molecule has 20 heavy (non-hydrogen) atoms. The van der Waals surface area contributed by atoms with Gasteiger partial charge in [-0.2, -0.15) is 0 Å². The number of nitrogens with zero attached hydrogens (tertiary/aromatic N) is 4. The Labute approximate surface area is 117 Å². The molecule has 0 amide bonds. The molecule has 2 aromatic rings. The number of nitrogens with one attached hydrogen (secondary N) is 1. The molecular weight excluding hydrogens is 250 g/mol. The lowest BCUT2D eigenvalue weighted by Crippen LogP contribution is -2.34. The van der Waals surface area contributed by atoms with Crippen molar-refractivity contribution in [3.05, 3.63) is 68.1 Å². The van der Waals surface area contributed by atoms with Gasteiger partial charge in [0.05, 0.1) is 17.9 Å². The zero-order valence-electron chi connectivity index (χ0n) is 11.0. The Morgan fingerprint density at radius 3 is 2.95 bits per heavy atom. The summed E-state index contributed by atoms with van der Waals surface area (Å²) in [5, 5.41) is 3.38. The first-order valence-electron chi connectivity index (χ1n) is 6.38. The summed E-state index contributed by atoms with van der Waals surface area (Å²) in [4.78, 5) is 12.8. The van der Waals surface area contributed by atoms with E-state index in [1.807, 2.05) is 29.0 Å². The van der Waals surface area contributed by atoms with Gasteiger partial charge in [0.2, 0.25) is 0 Å². The summed E-state index contributed by atoms with van der Waals surface area (Å²) in [6.07, 6.45) is 19.6. The lowest BCUT2D eigenvalue weighted by molar-refractivity contribution is 0.709. The van der Waals surface area contributed by atoms with E-state index in [2.05, 4.69) is 39.0 Å². The standard InChI is InChI=1S/C15H15N5/c1-2-15(6-4-3-5-7-15)19-13-10-17-11-14(18-13)20-9-8-16-12-20/h2-6,8-12H,1,7H2,(H,18,19)/t15-/m1/s1. The third-order valence-corrected chi connectivity index (χ3v) is 3.21. The van der Waals surface area contributed by atoms with Crippen LogP contribution in [0.15, 0.2) is 68.1 Å². The maximum Gasteiger partial charge on any atom is 0.158 e. The summed E-state index contributed by atoms with van der Waals surface area (Å²) in [6, 6.07) is 0. The first-order chi connectivity index (χ1) is 9.81. The van der Waals surface area contributed by atoms with Gasteiger partial charge in [0, 0.05) is 12.4 Å². The molecule has 2 aromatic heterocycles. The predicted octanol–water partition coefficient (Wildman–Crippen LogP) is 2.52. The van der Waals surface area contributed by atoms with Crippen LogP contribution in [-0.4, -0.2) is 25.1 Å². The van der Waals surface area contributed by atoms with Crippen molar-refractivity contribution in [1.29, 1.82) is 0 Å². The number of hydrogen-bond donors (Lipinski definition) is 1. The van der Waals surface area contributed by atoms with Crippen LogP contribution in [0.5, 0.6) is 0 Å². The highest BCUT2D eigenvalue weighted by Gasteiger charge is 2.23. The number of hydrogen-bond acceptors (Lipinski definition) is 4. The van der Waals surface area contributed by atoms with Crippen LogP contribution >= 0.6 is 0 Å². The Kier molecular flexibility index (Phi) is 3.16. The Morgan fingerprint density at radius 1 is 1.30 bits per heavy atom. The zero-order valence-corrected chi connectivity index (χ0v) is 11.0. The molecule has 0 aliphatic heterocycles. The molecule has 0 fully saturated rings. The molecular formula is C15H15N5. The summed E-state index contributed by atoms with van der Waals surface area (Å²) in [5.41, 5.74) is -0.309. The van der Waals surface area contributed by atoms with Crippen molar-refractivity contribution in [2.24, 2.45) is 0 Å². The lowest BCUT2D eigenvalue weighted by atomic mass is 9.91. The van der Waals surface area contributed by atoms with Crippen LogP contribution in [0.4, 0.5) is 5.82 Å². The molecule has 0 saturated heterocycles. The molecule has 1 aliphatic carbocycles. The van der Waals surface area contributed by atoms with Gasteiger partial charge in [-0.05, 0) is 6.42 Å². The molecule has 0 saturated carbocycles. The average molecular weight is 265 g/mol. The fraction of sp³-hybridized carbons (Fsp3) is 0.133. The van der Waals surface area contributed by atoms with Gasteiger partial charge in [-0.25, -0.2) is 9.97 Å². The number of aromatic nitrogens is 4. The molecule has 3 rings (SSSR count). The molecule has 5 heteroatoms. The van der Waals surface area contributed by atoms with Gasteiger partial charge in [0.25, 0.3) is 0 Å². The fourth-order valence-corrected chi connectivity index (χ4v) is 2.11. The SMILES string of the molecule is C=C[C@@]1(Nc2cncc(-n3ccnc3)n2)C=CC=CC1. The number of anilines is 1. The van der Waals surface area contributed by atoms with E-state index in [1.54, 1.807) is 24.9 Å². The molecule has 5 nitrogen and oxygen atoms in total. The molecule has 1 aliphatic rings. The minimum atomic E-state index is -0.309. The summed E-state index contributed by atoms with van der Waals surface area (Å²) < 4.78 is 1.81. The predicted molar refractivity (Wildman–Crippen MR) is 78.6 cm³/mol. The Bertz CT molecular complexity index is 657. The number of rotatable bonds is 4.